The van der Waals surface area contributed by atoms with Gasteiger partial charge in [-0.1, -0.05) is 6.58 Å². The first-order valence-electron chi connectivity index (χ1n) is 4.41. The van der Waals surface area contributed by atoms with Crippen molar-refractivity contribution >= 4 is 5.69 Å². The van der Waals surface area contributed by atoms with Crippen molar-refractivity contribution in [3.8, 4) is 5.75 Å². The van der Waals surface area contributed by atoms with E-state index in [9.17, 15) is 0 Å². The number of ether oxygens (including phenoxy) is 1. The van der Waals surface area contributed by atoms with Gasteiger partial charge < -0.3 is 15.0 Å². The molecule has 0 bridgehead atoms. The fraction of sp³-hybridized carbons (Fsp3) is 0.273. The van der Waals surface area contributed by atoms with Gasteiger partial charge in [0.25, 0.3) is 0 Å². The average molecular weight is 192 g/mol. The number of hydrogen-bond donors (Lipinski definition) is 1. The second kappa shape index (κ2) is 4.56. The lowest BCUT2D eigenvalue weighted by Gasteiger charge is -2.17. The molecule has 0 spiro atoms. The molecule has 0 aliphatic heterocycles. The number of hydrogen-bond acceptors (Lipinski definition) is 3. The van der Waals surface area contributed by atoms with Gasteiger partial charge in [0.05, 0.1) is 12.9 Å². The van der Waals surface area contributed by atoms with E-state index in [0.29, 0.717) is 0 Å². The Balaban J connectivity index is 2.64. The van der Waals surface area contributed by atoms with E-state index < -0.39 is 0 Å². The Labute approximate surface area is 85.0 Å². The standard InChI is InChI=1S/C11H16N2O/c1-9(13(2)3)12-10-5-7-11(14-4)8-6-10/h5-8,12H,1H2,2-4H3. The van der Waals surface area contributed by atoms with E-state index in [4.69, 9.17) is 4.74 Å². The van der Waals surface area contributed by atoms with Crippen LogP contribution in [0, 0.1) is 0 Å². The van der Waals surface area contributed by atoms with Gasteiger partial charge in [0.1, 0.15) is 5.75 Å². The zero-order valence-electron chi connectivity index (χ0n) is 8.87. The summed E-state index contributed by atoms with van der Waals surface area (Å²) in [5.74, 6) is 1.71. The van der Waals surface area contributed by atoms with Gasteiger partial charge in [0.15, 0.2) is 0 Å². The van der Waals surface area contributed by atoms with Crippen LogP contribution >= 0.6 is 0 Å². The molecule has 0 amide bonds. The van der Waals surface area contributed by atoms with E-state index in [1.807, 2.05) is 43.3 Å². The minimum atomic E-state index is 0.853. The van der Waals surface area contributed by atoms with E-state index in [-0.39, 0.29) is 0 Å². The quantitative estimate of drug-likeness (QED) is 0.791. The molecule has 0 atom stereocenters. The Bertz CT molecular complexity index is 304. The molecule has 0 unspecified atom stereocenters. The number of benzene rings is 1. The van der Waals surface area contributed by atoms with E-state index in [0.717, 1.165) is 17.3 Å². The SMILES string of the molecule is C=C(Nc1ccc(OC)cc1)N(C)C. The molecular weight excluding hydrogens is 176 g/mol. The molecule has 0 aromatic heterocycles. The molecule has 0 radical (unpaired) electrons. The highest BCUT2D eigenvalue weighted by molar-refractivity contribution is 5.49. The smallest absolute Gasteiger partial charge is 0.119 e. The van der Waals surface area contributed by atoms with E-state index >= 15 is 0 Å². The minimum Gasteiger partial charge on any atom is -0.497 e. The Morgan fingerprint density at radius 3 is 2.29 bits per heavy atom. The first-order chi connectivity index (χ1) is 6.63. The zero-order valence-corrected chi connectivity index (χ0v) is 8.87. The monoisotopic (exact) mass is 192 g/mol. The fourth-order valence-corrected chi connectivity index (χ4v) is 0.953. The lowest BCUT2D eigenvalue weighted by molar-refractivity contribution is 0.415. The summed E-state index contributed by atoms with van der Waals surface area (Å²) in [6.45, 7) is 3.88. The molecule has 1 aromatic carbocycles. The summed E-state index contributed by atoms with van der Waals surface area (Å²) in [5.41, 5.74) is 1.00. The molecule has 1 rings (SSSR count). The molecule has 0 saturated carbocycles. The molecule has 3 heteroatoms. The van der Waals surface area contributed by atoms with Crippen molar-refractivity contribution in [2.75, 3.05) is 26.5 Å². The van der Waals surface area contributed by atoms with Gasteiger partial charge in [0, 0.05) is 19.8 Å². The summed E-state index contributed by atoms with van der Waals surface area (Å²) in [6, 6.07) is 7.72. The summed E-state index contributed by atoms with van der Waals surface area (Å²) < 4.78 is 5.06. The highest BCUT2D eigenvalue weighted by Crippen LogP contribution is 2.16. The van der Waals surface area contributed by atoms with Crippen molar-refractivity contribution in [3.63, 3.8) is 0 Å². The van der Waals surface area contributed by atoms with Crippen molar-refractivity contribution in [2.24, 2.45) is 0 Å². The molecule has 0 fully saturated rings. The lowest BCUT2D eigenvalue weighted by atomic mass is 10.3. The van der Waals surface area contributed by atoms with Crippen molar-refractivity contribution in [1.82, 2.24) is 4.90 Å². The second-order valence-corrected chi connectivity index (χ2v) is 3.19. The van der Waals surface area contributed by atoms with Crippen molar-refractivity contribution in [1.29, 1.82) is 0 Å². The second-order valence-electron chi connectivity index (χ2n) is 3.19. The third-order valence-electron chi connectivity index (χ3n) is 1.92. The predicted molar refractivity (Wildman–Crippen MR) is 59.4 cm³/mol. The Hall–Kier alpha value is -1.64. The summed E-state index contributed by atoms with van der Waals surface area (Å²) >= 11 is 0. The highest BCUT2D eigenvalue weighted by atomic mass is 16.5. The molecule has 0 saturated heterocycles. The average Bonchev–Trinajstić information content (AvgIpc) is 2.19. The Morgan fingerprint density at radius 2 is 1.86 bits per heavy atom. The van der Waals surface area contributed by atoms with E-state index in [1.165, 1.54) is 0 Å². The van der Waals surface area contributed by atoms with Crippen molar-refractivity contribution in [3.05, 3.63) is 36.7 Å². The Kier molecular flexibility index (Phi) is 3.40. The third kappa shape index (κ3) is 2.69. The summed E-state index contributed by atoms with van der Waals surface area (Å²) in [6.07, 6.45) is 0. The van der Waals surface area contributed by atoms with Crippen LogP contribution in [0.1, 0.15) is 0 Å². The predicted octanol–water partition coefficient (Wildman–Crippen LogP) is 2.14. The van der Waals surface area contributed by atoms with Crippen LogP contribution in [0.2, 0.25) is 0 Å². The fourth-order valence-electron chi connectivity index (χ4n) is 0.953. The molecule has 1 aromatic rings. The van der Waals surface area contributed by atoms with Gasteiger partial charge in [-0.3, -0.25) is 0 Å². The van der Waals surface area contributed by atoms with Crippen molar-refractivity contribution in [2.45, 2.75) is 0 Å². The molecule has 0 heterocycles. The van der Waals surface area contributed by atoms with Gasteiger partial charge in [-0.15, -0.1) is 0 Å². The molecule has 0 aliphatic carbocycles. The largest absolute Gasteiger partial charge is 0.497 e. The van der Waals surface area contributed by atoms with Gasteiger partial charge in [-0.05, 0) is 24.3 Å². The summed E-state index contributed by atoms with van der Waals surface area (Å²) in [4.78, 5) is 1.92. The molecule has 3 nitrogen and oxygen atoms in total. The number of rotatable bonds is 4. The summed E-state index contributed by atoms with van der Waals surface area (Å²) in [5, 5.41) is 3.17. The molecule has 1 N–H and O–H groups in total. The maximum absolute atomic E-state index is 5.06. The lowest BCUT2D eigenvalue weighted by Crippen LogP contribution is -2.16. The highest BCUT2D eigenvalue weighted by Gasteiger charge is 1.97. The van der Waals surface area contributed by atoms with Crippen LogP contribution in [0.15, 0.2) is 36.7 Å². The van der Waals surface area contributed by atoms with Crippen LogP contribution in [0.5, 0.6) is 5.75 Å². The van der Waals surface area contributed by atoms with Crippen LogP contribution in [-0.2, 0) is 0 Å². The molecule has 14 heavy (non-hydrogen) atoms. The topological polar surface area (TPSA) is 24.5 Å². The minimum absolute atomic E-state index is 0.853. The first kappa shape index (κ1) is 10.4. The van der Waals surface area contributed by atoms with Crippen LogP contribution < -0.4 is 10.1 Å². The van der Waals surface area contributed by atoms with E-state index in [1.54, 1.807) is 7.11 Å². The molecule has 0 aliphatic rings. The number of nitrogens with one attached hydrogen (secondary N) is 1. The van der Waals surface area contributed by atoms with Crippen LogP contribution in [0.3, 0.4) is 0 Å². The van der Waals surface area contributed by atoms with Gasteiger partial charge in [0.2, 0.25) is 0 Å². The number of nitrogens with zero attached hydrogens (tertiary/aromatic N) is 1. The zero-order chi connectivity index (χ0) is 10.6. The third-order valence-corrected chi connectivity index (χ3v) is 1.92. The van der Waals surface area contributed by atoms with E-state index in [2.05, 4.69) is 11.9 Å². The van der Waals surface area contributed by atoms with Crippen LogP contribution in [0.4, 0.5) is 5.69 Å². The number of anilines is 1. The number of methoxy groups -OCH3 is 1. The molecular formula is C11H16N2O. The molecule has 76 valence electrons. The maximum Gasteiger partial charge on any atom is 0.119 e. The van der Waals surface area contributed by atoms with Gasteiger partial charge in [-0.2, -0.15) is 0 Å². The van der Waals surface area contributed by atoms with Crippen LogP contribution in [-0.4, -0.2) is 26.1 Å². The Morgan fingerprint density at radius 1 is 1.29 bits per heavy atom. The summed E-state index contributed by atoms with van der Waals surface area (Å²) in [7, 11) is 5.54. The normalized spacial score (nSPS) is 9.36. The van der Waals surface area contributed by atoms with Crippen LogP contribution in [0.25, 0.3) is 0 Å². The first-order valence-corrected chi connectivity index (χ1v) is 4.41. The van der Waals surface area contributed by atoms with Gasteiger partial charge >= 0.3 is 0 Å². The van der Waals surface area contributed by atoms with Crippen molar-refractivity contribution < 1.29 is 4.74 Å². The van der Waals surface area contributed by atoms with Gasteiger partial charge in [-0.25, -0.2) is 0 Å². The maximum atomic E-state index is 5.06.